The van der Waals surface area contributed by atoms with Crippen molar-refractivity contribution in [3.8, 4) is 5.75 Å². The summed E-state index contributed by atoms with van der Waals surface area (Å²) in [5, 5.41) is 0.743. The first kappa shape index (κ1) is 11.7. The van der Waals surface area contributed by atoms with Crippen LogP contribution < -0.4 is 10.2 Å². The van der Waals surface area contributed by atoms with Crippen LogP contribution in [0.25, 0.3) is 0 Å². The quantitative estimate of drug-likeness (QED) is 0.826. The van der Waals surface area contributed by atoms with E-state index in [2.05, 4.69) is 19.3 Å². The lowest BCUT2D eigenvalue weighted by atomic mass is 10.0. The zero-order valence-corrected chi connectivity index (χ0v) is 10.5. The Kier molecular flexibility index (Phi) is 3.10. The number of hydrogen-bond donors (Lipinski definition) is 1. The summed E-state index contributed by atoms with van der Waals surface area (Å²) >= 11 is 6.08. The molecule has 1 aliphatic rings. The molecule has 1 N–H and O–H groups in total. The van der Waals surface area contributed by atoms with Crippen LogP contribution in [0.1, 0.15) is 25.0 Å². The zero-order chi connectivity index (χ0) is 11.8. The van der Waals surface area contributed by atoms with Gasteiger partial charge in [-0.1, -0.05) is 11.6 Å². The molecule has 0 aromatic heterocycles. The zero-order valence-electron chi connectivity index (χ0n) is 9.76. The van der Waals surface area contributed by atoms with Gasteiger partial charge in [-0.2, -0.15) is 5.48 Å². The molecule has 0 saturated heterocycles. The second-order valence-corrected chi connectivity index (χ2v) is 5.05. The van der Waals surface area contributed by atoms with E-state index >= 15 is 0 Å². The topological polar surface area (TPSA) is 30.5 Å². The first-order valence-electron chi connectivity index (χ1n) is 5.28. The Morgan fingerprint density at radius 1 is 1.50 bits per heavy atom. The van der Waals surface area contributed by atoms with Crippen molar-refractivity contribution in [2.24, 2.45) is 0 Å². The van der Waals surface area contributed by atoms with E-state index in [0.717, 1.165) is 22.8 Å². The standard InChI is InChI=1S/C12H16ClNO2/c1-12(2)6-8-4-10(13)5-9(7-14-15-3)11(8)16-12/h4-5,14H,6-7H2,1-3H3. The highest BCUT2D eigenvalue weighted by atomic mass is 35.5. The molecular weight excluding hydrogens is 226 g/mol. The third-order valence-electron chi connectivity index (χ3n) is 2.61. The minimum Gasteiger partial charge on any atom is -0.487 e. The number of rotatable bonds is 3. The highest BCUT2D eigenvalue weighted by Gasteiger charge is 2.31. The third kappa shape index (κ3) is 2.32. The van der Waals surface area contributed by atoms with Crippen LogP contribution >= 0.6 is 11.6 Å². The van der Waals surface area contributed by atoms with Gasteiger partial charge in [0.1, 0.15) is 11.4 Å². The van der Waals surface area contributed by atoms with Crippen molar-refractivity contribution in [2.75, 3.05) is 7.11 Å². The van der Waals surface area contributed by atoms with Crippen LogP contribution in [0.3, 0.4) is 0 Å². The van der Waals surface area contributed by atoms with E-state index in [1.54, 1.807) is 7.11 Å². The average molecular weight is 242 g/mol. The van der Waals surface area contributed by atoms with E-state index in [4.69, 9.17) is 21.2 Å². The highest BCUT2D eigenvalue weighted by Crippen LogP contribution is 2.39. The van der Waals surface area contributed by atoms with Gasteiger partial charge in [0, 0.05) is 23.6 Å². The van der Waals surface area contributed by atoms with Gasteiger partial charge < -0.3 is 9.57 Å². The number of fused-ring (bicyclic) bond motifs is 1. The van der Waals surface area contributed by atoms with Gasteiger partial charge >= 0.3 is 0 Å². The van der Waals surface area contributed by atoms with E-state index in [1.807, 2.05) is 12.1 Å². The largest absolute Gasteiger partial charge is 0.487 e. The fourth-order valence-corrected chi connectivity index (χ4v) is 2.29. The number of hydroxylamine groups is 1. The molecule has 0 unspecified atom stereocenters. The van der Waals surface area contributed by atoms with E-state index in [0.29, 0.717) is 6.54 Å². The maximum absolute atomic E-state index is 6.08. The Morgan fingerprint density at radius 3 is 2.94 bits per heavy atom. The number of hydrogen-bond acceptors (Lipinski definition) is 3. The van der Waals surface area contributed by atoms with Crippen molar-refractivity contribution in [2.45, 2.75) is 32.4 Å². The molecule has 88 valence electrons. The Balaban J connectivity index is 2.33. The number of halogens is 1. The van der Waals surface area contributed by atoms with Crippen LogP contribution in [0.15, 0.2) is 12.1 Å². The summed E-state index contributed by atoms with van der Waals surface area (Å²) in [6, 6.07) is 3.88. The van der Waals surface area contributed by atoms with Gasteiger partial charge in [-0.3, -0.25) is 0 Å². The summed E-state index contributed by atoms with van der Waals surface area (Å²) in [7, 11) is 1.59. The molecule has 0 atom stereocenters. The molecule has 0 radical (unpaired) electrons. The highest BCUT2D eigenvalue weighted by molar-refractivity contribution is 6.30. The molecule has 1 aliphatic heterocycles. The van der Waals surface area contributed by atoms with E-state index < -0.39 is 0 Å². The van der Waals surface area contributed by atoms with Crippen molar-refractivity contribution in [3.05, 3.63) is 28.3 Å². The lowest BCUT2D eigenvalue weighted by Gasteiger charge is -2.18. The summed E-state index contributed by atoms with van der Waals surface area (Å²) in [6.07, 6.45) is 0.892. The molecule has 2 rings (SSSR count). The molecule has 0 aliphatic carbocycles. The molecule has 16 heavy (non-hydrogen) atoms. The Hall–Kier alpha value is -0.770. The number of ether oxygens (including phenoxy) is 1. The van der Waals surface area contributed by atoms with E-state index in [1.165, 1.54) is 5.56 Å². The van der Waals surface area contributed by atoms with Gasteiger partial charge in [-0.15, -0.1) is 0 Å². The lowest BCUT2D eigenvalue weighted by Crippen LogP contribution is -2.25. The number of nitrogens with one attached hydrogen (secondary N) is 1. The monoisotopic (exact) mass is 241 g/mol. The number of benzene rings is 1. The van der Waals surface area contributed by atoms with E-state index in [-0.39, 0.29) is 5.60 Å². The smallest absolute Gasteiger partial charge is 0.128 e. The molecule has 0 spiro atoms. The molecular formula is C12H16ClNO2. The van der Waals surface area contributed by atoms with Crippen molar-refractivity contribution in [1.29, 1.82) is 0 Å². The minimum atomic E-state index is -0.144. The van der Waals surface area contributed by atoms with Crippen molar-refractivity contribution < 1.29 is 9.57 Å². The van der Waals surface area contributed by atoms with Gasteiger partial charge in [-0.25, -0.2) is 0 Å². The fourth-order valence-electron chi connectivity index (χ4n) is 2.03. The molecule has 0 saturated carbocycles. The molecule has 0 fully saturated rings. The summed E-state index contributed by atoms with van der Waals surface area (Å²) in [6.45, 7) is 4.75. The fraction of sp³-hybridized carbons (Fsp3) is 0.500. The Morgan fingerprint density at radius 2 is 2.25 bits per heavy atom. The molecule has 1 heterocycles. The first-order chi connectivity index (χ1) is 7.52. The van der Waals surface area contributed by atoms with Gasteiger partial charge in [0.25, 0.3) is 0 Å². The maximum Gasteiger partial charge on any atom is 0.128 e. The maximum atomic E-state index is 6.08. The van der Waals surface area contributed by atoms with Gasteiger partial charge in [0.15, 0.2) is 0 Å². The van der Waals surface area contributed by atoms with Gasteiger partial charge in [0.05, 0.1) is 7.11 Å². The van der Waals surface area contributed by atoms with Gasteiger partial charge in [-0.05, 0) is 31.5 Å². The van der Waals surface area contributed by atoms with Crippen molar-refractivity contribution in [1.82, 2.24) is 5.48 Å². The van der Waals surface area contributed by atoms with Crippen LogP contribution in [0.5, 0.6) is 5.75 Å². The lowest BCUT2D eigenvalue weighted by molar-refractivity contribution is 0.0842. The predicted molar refractivity (Wildman–Crippen MR) is 63.7 cm³/mol. The molecule has 1 aromatic rings. The Bertz CT molecular complexity index is 404. The summed E-state index contributed by atoms with van der Waals surface area (Å²) in [5.74, 6) is 0.943. The van der Waals surface area contributed by atoms with Crippen LogP contribution in [0.4, 0.5) is 0 Å². The average Bonchev–Trinajstić information content (AvgIpc) is 2.48. The summed E-state index contributed by atoms with van der Waals surface area (Å²) < 4.78 is 5.92. The molecule has 4 heteroatoms. The van der Waals surface area contributed by atoms with Crippen LogP contribution in [-0.2, 0) is 17.8 Å². The van der Waals surface area contributed by atoms with Crippen LogP contribution in [0, 0.1) is 0 Å². The summed E-state index contributed by atoms with van der Waals surface area (Å²) in [4.78, 5) is 4.85. The molecule has 3 nitrogen and oxygen atoms in total. The van der Waals surface area contributed by atoms with Crippen LogP contribution in [0.2, 0.25) is 5.02 Å². The molecule has 0 amide bonds. The SMILES string of the molecule is CONCc1cc(Cl)cc2c1OC(C)(C)C2. The second-order valence-electron chi connectivity index (χ2n) is 4.62. The van der Waals surface area contributed by atoms with Crippen molar-refractivity contribution >= 4 is 11.6 Å². The van der Waals surface area contributed by atoms with E-state index in [9.17, 15) is 0 Å². The van der Waals surface area contributed by atoms with Crippen molar-refractivity contribution in [3.63, 3.8) is 0 Å². The second kappa shape index (κ2) is 4.24. The normalized spacial score (nSPS) is 17.0. The first-order valence-corrected chi connectivity index (χ1v) is 5.66. The molecule has 1 aromatic carbocycles. The molecule has 0 bridgehead atoms. The predicted octanol–water partition coefficient (Wildman–Crippen LogP) is 2.70. The summed E-state index contributed by atoms with van der Waals surface area (Å²) in [5.41, 5.74) is 4.87. The van der Waals surface area contributed by atoms with Gasteiger partial charge in [0.2, 0.25) is 0 Å². The third-order valence-corrected chi connectivity index (χ3v) is 2.83. The Labute approximate surface area is 101 Å². The van der Waals surface area contributed by atoms with Crippen LogP contribution in [-0.4, -0.2) is 12.7 Å². The minimum absolute atomic E-state index is 0.144.